The molecule has 0 radical (unpaired) electrons. The minimum atomic E-state index is -0.356. The fourth-order valence-corrected chi connectivity index (χ4v) is 2.21. The maximum Gasteiger partial charge on any atom is 0.324 e. The highest BCUT2D eigenvalue weighted by molar-refractivity contribution is 14.0. The first-order valence-electron chi connectivity index (χ1n) is 6.88. The van der Waals surface area contributed by atoms with Crippen LogP contribution in [0.3, 0.4) is 0 Å². The molecule has 0 spiro atoms. The average molecular weight is 452 g/mol. The molecule has 0 aromatic heterocycles. The van der Waals surface area contributed by atoms with Gasteiger partial charge in [0.2, 0.25) is 5.91 Å². The van der Waals surface area contributed by atoms with Gasteiger partial charge >= 0.3 is 6.03 Å². The highest BCUT2D eigenvalue weighted by Gasteiger charge is 2.27. The second-order valence-electron chi connectivity index (χ2n) is 4.65. The zero-order valence-corrected chi connectivity index (χ0v) is 15.7. The Bertz CT molecular complexity index is 580. The number of benzene rings is 1. The Morgan fingerprint density at radius 2 is 2.09 bits per heavy atom. The number of hydrogen-bond donors (Lipinski definition) is 3. The van der Waals surface area contributed by atoms with Crippen molar-refractivity contribution < 1.29 is 9.59 Å². The van der Waals surface area contributed by atoms with E-state index in [1.165, 1.54) is 4.90 Å². The summed E-state index contributed by atoms with van der Waals surface area (Å²) in [5.41, 5.74) is 0.959. The van der Waals surface area contributed by atoms with Crippen LogP contribution in [0, 0.1) is 0 Å². The molecule has 9 heteroatoms. The molecule has 1 aliphatic rings. The van der Waals surface area contributed by atoms with Crippen LogP contribution in [0.2, 0.25) is 5.02 Å². The minimum absolute atomic E-state index is 0. The van der Waals surface area contributed by atoms with Gasteiger partial charge in [-0.25, -0.2) is 4.79 Å². The molecule has 3 N–H and O–H groups in total. The van der Waals surface area contributed by atoms with E-state index in [1.807, 2.05) is 24.3 Å². The van der Waals surface area contributed by atoms with Crippen LogP contribution >= 0.6 is 35.6 Å². The maximum absolute atomic E-state index is 11.4. The molecular formula is C14H19ClIN5O2. The molecule has 0 unspecified atom stereocenters. The van der Waals surface area contributed by atoms with Crippen LogP contribution in [0.25, 0.3) is 0 Å². The van der Waals surface area contributed by atoms with Crippen molar-refractivity contribution in [1.82, 2.24) is 20.9 Å². The van der Waals surface area contributed by atoms with Gasteiger partial charge in [-0.05, 0) is 11.6 Å². The van der Waals surface area contributed by atoms with Gasteiger partial charge < -0.3 is 16.0 Å². The van der Waals surface area contributed by atoms with Crippen LogP contribution in [0.4, 0.5) is 4.79 Å². The second kappa shape index (κ2) is 9.56. The Kier molecular flexibility index (Phi) is 8.10. The van der Waals surface area contributed by atoms with Gasteiger partial charge in [-0.15, -0.1) is 24.0 Å². The fourth-order valence-electron chi connectivity index (χ4n) is 2.01. The van der Waals surface area contributed by atoms with E-state index >= 15 is 0 Å². The first kappa shape index (κ1) is 19.5. The SMILES string of the molecule is CN=C(NCCN1C(=O)CNC1=O)NCc1ccccc1Cl.I. The number of carbonyl (C=O) groups excluding carboxylic acids is 2. The van der Waals surface area contributed by atoms with Gasteiger partial charge in [0.25, 0.3) is 0 Å². The van der Waals surface area contributed by atoms with E-state index in [0.29, 0.717) is 24.1 Å². The number of aliphatic imine (C=N–C) groups is 1. The summed E-state index contributed by atoms with van der Waals surface area (Å²) in [7, 11) is 1.65. The lowest BCUT2D eigenvalue weighted by Gasteiger charge is -2.15. The predicted octanol–water partition coefficient (Wildman–Crippen LogP) is 1.17. The van der Waals surface area contributed by atoms with E-state index in [4.69, 9.17) is 11.6 Å². The van der Waals surface area contributed by atoms with Crippen molar-refractivity contribution in [3.05, 3.63) is 34.9 Å². The van der Waals surface area contributed by atoms with Crippen molar-refractivity contribution in [3.63, 3.8) is 0 Å². The molecule has 0 saturated carbocycles. The standard InChI is InChI=1S/C14H18ClN5O2.HI/c1-16-13(18-8-10-4-2-3-5-11(10)15)17-6-7-20-12(21)9-19-14(20)22;/h2-5H,6-9H2,1H3,(H,19,22)(H2,16,17,18);1H. The van der Waals surface area contributed by atoms with Gasteiger partial charge in [-0.1, -0.05) is 29.8 Å². The molecule has 2 rings (SSSR count). The average Bonchev–Trinajstić information content (AvgIpc) is 2.83. The van der Waals surface area contributed by atoms with Crippen LogP contribution in [0.5, 0.6) is 0 Å². The quantitative estimate of drug-likeness (QED) is 0.272. The van der Waals surface area contributed by atoms with Crippen molar-refractivity contribution in [3.8, 4) is 0 Å². The van der Waals surface area contributed by atoms with Crippen LogP contribution in [-0.2, 0) is 11.3 Å². The Hall–Kier alpha value is -1.55. The van der Waals surface area contributed by atoms with Crippen molar-refractivity contribution in [2.45, 2.75) is 6.54 Å². The molecule has 0 atom stereocenters. The summed E-state index contributed by atoms with van der Waals surface area (Å²) in [6, 6.07) is 7.18. The first-order chi connectivity index (χ1) is 10.6. The molecule has 0 bridgehead atoms. The molecule has 1 fully saturated rings. The lowest BCUT2D eigenvalue weighted by Crippen LogP contribution is -2.43. The van der Waals surface area contributed by atoms with Crippen LogP contribution in [0.1, 0.15) is 5.56 Å². The van der Waals surface area contributed by atoms with E-state index < -0.39 is 0 Å². The number of hydrogen-bond acceptors (Lipinski definition) is 3. The minimum Gasteiger partial charge on any atom is -0.355 e. The third-order valence-electron chi connectivity index (χ3n) is 3.19. The first-order valence-corrected chi connectivity index (χ1v) is 7.25. The van der Waals surface area contributed by atoms with Crippen LogP contribution < -0.4 is 16.0 Å². The number of urea groups is 1. The normalized spacial score (nSPS) is 14.3. The topological polar surface area (TPSA) is 85.8 Å². The van der Waals surface area contributed by atoms with Crippen molar-refractivity contribution >= 4 is 53.5 Å². The van der Waals surface area contributed by atoms with Crippen molar-refractivity contribution in [1.29, 1.82) is 0 Å². The molecule has 7 nitrogen and oxygen atoms in total. The molecule has 126 valence electrons. The van der Waals surface area contributed by atoms with Gasteiger partial charge in [-0.2, -0.15) is 0 Å². The third-order valence-corrected chi connectivity index (χ3v) is 3.56. The monoisotopic (exact) mass is 451 g/mol. The van der Waals surface area contributed by atoms with Gasteiger partial charge in [0, 0.05) is 31.7 Å². The van der Waals surface area contributed by atoms with E-state index in [-0.39, 0.29) is 49.0 Å². The highest BCUT2D eigenvalue weighted by Crippen LogP contribution is 2.14. The Morgan fingerprint density at radius 1 is 1.35 bits per heavy atom. The predicted molar refractivity (Wildman–Crippen MR) is 100 cm³/mol. The van der Waals surface area contributed by atoms with Crippen molar-refractivity contribution in [2.75, 3.05) is 26.7 Å². The number of nitrogens with one attached hydrogen (secondary N) is 3. The molecular weight excluding hydrogens is 433 g/mol. The van der Waals surface area contributed by atoms with Crippen LogP contribution in [0.15, 0.2) is 29.3 Å². The number of halogens is 2. The summed E-state index contributed by atoms with van der Waals surface area (Å²) in [6.45, 7) is 1.31. The smallest absolute Gasteiger partial charge is 0.324 e. The van der Waals surface area contributed by atoms with E-state index in [0.717, 1.165) is 5.56 Å². The third kappa shape index (κ3) is 5.54. The van der Waals surface area contributed by atoms with Crippen LogP contribution in [-0.4, -0.2) is 49.5 Å². The number of carbonyl (C=O) groups is 2. The Morgan fingerprint density at radius 3 is 2.70 bits per heavy atom. The Labute approximate surface area is 156 Å². The van der Waals surface area contributed by atoms with E-state index in [2.05, 4.69) is 20.9 Å². The zero-order chi connectivity index (χ0) is 15.9. The zero-order valence-electron chi connectivity index (χ0n) is 12.6. The van der Waals surface area contributed by atoms with Gasteiger partial charge in [0.1, 0.15) is 0 Å². The van der Waals surface area contributed by atoms with Gasteiger partial charge in [-0.3, -0.25) is 14.7 Å². The second-order valence-corrected chi connectivity index (χ2v) is 5.06. The van der Waals surface area contributed by atoms with E-state index in [1.54, 1.807) is 7.05 Å². The number of imide groups is 1. The molecule has 1 aliphatic heterocycles. The summed E-state index contributed by atoms with van der Waals surface area (Å²) in [5, 5.41) is 9.33. The molecule has 1 aromatic rings. The number of guanidine groups is 1. The molecule has 1 aromatic carbocycles. The van der Waals surface area contributed by atoms with E-state index in [9.17, 15) is 9.59 Å². The number of rotatable bonds is 5. The van der Waals surface area contributed by atoms with Crippen molar-refractivity contribution in [2.24, 2.45) is 4.99 Å². The lowest BCUT2D eigenvalue weighted by atomic mass is 10.2. The summed E-state index contributed by atoms with van der Waals surface area (Å²) >= 11 is 6.08. The van der Waals surface area contributed by atoms with Gasteiger partial charge in [0.15, 0.2) is 5.96 Å². The maximum atomic E-state index is 11.4. The lowest BCUT2D eigenvalue weighted by molar-refractivity contribution is -0.124. The summed E-state index contributed by atoms with van der Waals surface area (Å²) < 4.78 is 0. The molecule has 1 heterocycles. The number of nitrogens with zero attached hydrogens (tertiary/aromatic N) is 2. The summed E-state index contributed by atoms with van der Waals surface area (Å²) in [5.74, 6) is 0.359. The summed E-state index contributed by atoms with van der Waals surface area (Å²) in [4.78, 5) is 28.1. The highest BCUT2D eigenvalue weighted by atomic mass is 127. The molecule has 1 saturated heterocycles. The number of amides is 3. The largest absolute Gasteiger partial charge is 0.355 e. The van der Waals surface area contributed by atoms with Gasteiger partial charge in [0.05, 0.1) is 6.54 Å². The molecule has 23 heavy (non-hydrogen) atoms. The Balaban J connectivity index is 0.00000264. The summed E-state index contributed by atoms with van der Waals surface area (Å²) in [6.07, 6.45) is 0. The fraction of sp³-hybridized carbons (Fsp3) is 0.357. The molecule has 0 aliphatic carbocycles. The molecule has 3 amide bonds.